The zero-order valence-electron chi connectivity index (χ0n) is 15.6. The molecule has 5 nitrogen and oxygen atoms in total. The van der Waals surface area contributed by atoms with Crippen LogP contribution in [0.25, 0.3) is 0 Å². The normalized spacial score (nSPS) is 12.7. The summed E-state index contributed by atoms with van der Waals surface area (Å²) >= 11 is 5.87. The summed E-state index contributed by atoms with van der Waals surface area (Å²) in [5.41, 5.74) is 1.01. The molecular weight excluding hydrogens is 384 g/mol. The predicted molar refractivity (Wildman–Crippen MR) is 108 cm³/mol. The van der Waals surface area contributed by atoms with Gasteiger partial charge in [-0.05, 0) is 49.6 Å². The number of rotatable bonds is 9. The first-order valence-corrected chi connectivity index (χ1v) is 10.7. The Morgan fingerprint density at radius 2 is 1.74 bits per heavy atom. The molecule has 2 aromatic rings. The lowest BCUT2D eigenvalue weighted by atomic mass is 10.1. The van der Waals surface area contributed by atoms with E-state index in [0.29, 0.717) is 11.4 Å². The lowest BCUT2D eigenvalue weighted by Gasteiger charge is -2.23. The van der Waals surface area contributed by atoms with E-state index in [2.05, 4.69) is 5.32 Å². The highest BCUT2D eigenvalue weighted by Crippen LogP contribution is 2.19. The summed E-state index contributed by atoms with van der Waals surface area (Å²) in [5.74, 6) is -0.310. The summed E-state index contributed by atoms with van der Waals surface area (Å²) in [6.45, 7) is 3.84. The molecule has 0 spiro atoms. The first kappa shape index (κ1) is 21.4. The van der Waals surface area contributed by atoms with Crippen molar-refractivity contribution in [3.05, 3.63) is 65.2 Å². The van der Waals surface area contributed by atoms with E-state index in [1.807, 2.05) is 44.2 Å². The van der Waals surface area contributed by atoms with Crippen LogP contribution in [0.2, 0.25) is 5.02 Å². The van der Waals surface area contributed by atoms with Crippen LogP contribution >= 0.6 is 11.6 Å². The second-order valence-electron chi connectivity index (χ2n) is 6.40. The van der Waals surface area contributed by atoms with E-state index in [9.17, 15) is 13.2 Å². The Balaban J connectivity index is 2.21. The Bertz CT molecular complexity index is 839. The van der Waals surface area contributed by atoms with E-state index in [0.717, 1.165) is 12.0 Å². The first-order valence-electron chi connectivity index (χ1n) is 8.92. The molecule has 0 saturated heterocycles. The largest absolute Gasteiger partial charge is 0.353 e. The monoisotopic (exact) mass is 408 g/mol. The fraction of sp³-hybridized carbons (Fsp3) is 0.350. The van der Waals surface area contributed by atoms with Crippen LogP contribution in [-0.4, -0.2) is 37.8 Å². The number of halogens is 1. The van der Waals surface area contributed by atoms with Crippen molar-refractivity contribution >= 4 is 27.5 Å². The highest BCUT2D eigenvalue weighted by Gasteiger charge is 2.26. The van der Waals surface area contributed by atoms with Crippen LogP contribution in [0.3, 0.4) is 0 Å². The van der Waals surface area contributed by atoms with Crippen LogP contribution in [0.1, 0.15) is 25.8 Å². The van der Waals surface area contributed by atoms with Crippen molar-refractivity contribution in [1.82, 2.24) is 9.62 Å². The molecule has 0 aromatic heterocycles. The quantitative estimate of drug-likeness (QED) is 0.690. The predicted octanol–water partition coefficient (Wildman–Crippen LogP) is 3.49. The Labute approximate surface area is 166 Å². The van der Waals surface area contributed by atoms with Crippen molar-refractivity contribution in [1.29, 1.82) is 0 Å². The fourth-order valence-corrected chi connectivity index (χ4v) is 4.04. The number of benzene rings is 2. The van der Waals surface area contributed by atoms with E-state index in [4.69, 9.17) is 11.6 Å². The molecular formula is C20H25ClN2O3S. The standard InChI is InChI=1S/C20H25ClN2O3S/c1-3-16(2)22-20(24)15-23(14-13-17-7-5-4-6-8-17)27(25,26)19-11-9-18(21)10-12-19/h4-12,16H,3,13-15H2,1-2H3,(H,22,24)/t16-/m0/s1. The molecule has 0 bridgehead atoms. The number of nitrogens with zero attached hydrogens (tertiary/aromatic N) is 1. The third kappa shape index (κ3) is 6.34. The van der Waals surface area contributed by atoms with Crippen LogP contribution in [0.5, 0.6) is 0 Å². The van der Waals surface area contributed by atoms with Gasteiger partial charge in [0.1, 0.15) is 0 Å². The van der Waals surface area contributed by atoms with Gasteiger partial charge in [-0.1, -0.05) is 48.9 Å². The maximum absolute atomic E-state index is 13.1. The summed E-state index contributed by atoms with van der Waals surface area (Å²) < 4.78 is 27.3. The molecule has 0 radical (unpaired) electrons. The van der Waals surface area contributed by atoms with Crippen LogP contribution in [0.4, 0.5) is 0 Å². The third-order valence-corrected chi connectivity index (χ3v) is 6.40. The molecule has 146 valence electrons. The zero-order chi connectivity index (χ0) is 19.9. The van der Waals surface area contributed by atoms with Crippen molar-refractivity contribution in [2.24, 2.45) is 0 Å². The van der Waals surface area contributed by atoms with Crippen LogP contribution < -0.4 is 5.32 Å². The summed E-state index contributed by atoms with van der Waals surface area (Å²) in [4.78, 5) is 12.4. The Kier molecular flexibility index (Phi) is 7.83. The van der Waals surface area contributed by atoms with E-state index < -0.39 is 10.0 Å². The maximum atomic E-state index is 13.1. The van der Waals surface area contributed by atoms with Gasteiger partial charge in [0.05, 0.1) is 11.4 Å². The van der Waals surface area contributed by atoms with Gasteiger partial charge < -0.3 is 5.32 Å². The minimum absolute atomic E-state index is 0.00768. The molecule has 0 fully saturated rings. The summed E-state index contributed by atoms with van der Waals surface area (Å²) in [5, 5.41) is 3.28. The number of sulfonamides is 1. The van der Waals surface area contributed by atoms with E-state index in [1.54, 1.807) is 0 Å². The maximum Gasteiger partial charge on any atom is 0.243 e. The van der Waals surface area contributed by atoms with Gasteiger partial charge in [-0.3, -0.25) is 4.79 Å². The van der Waals surface area contributed by atoms with Gasteiger partial charge in [0.2, 0.25) is 15.9 Å². The minimum atomic E-state index is -3.81. The van der Waals surface area contributed by atoms with E-state index in [1.165, 1.54) is 28.6 Å². The molecule has 1 N–H and O–H groups in total. The van der Waals surface area contributed by atoms with Crippen LogP contribution in [0.15, 0.2) is 59.5 Å². The van der Waals surface area contributed by atoms with Gasteiger partial charge in [-0.25, -0.2) is 8.42 Å². The zero-order valence-corrected chi connectivity index (χ0v) is 17.1. The number of hydrogen-bond donors (Lipinski definition) is 1. The molecule has 0 aliphatic rings. The molecule has 2 aromatic carbocycles. The summed E-state index contributed by atoms with van der Waals surface area (Å²) in [7, 11) is -3.81. The molecule has 0 aliphatic carbocycles. The molecule has 0 saturated carbocycles. The van der Waals surface area contributed by atoms with Crippen LogP contribution in [0, 0.1) is 0 Å². The number of amides is 1. The Morgan fingerprint density at radius 3 is 2.33 bits per heavy atom. The second-order valence-corrected chi connectivity index (χ2v) is 8.78. The van der Waals surface area contributed by atoms with Gasteiger partial charge in [0, 0.05) is 17.6 Å². The van der Waals surface area contributed by atoms with Crippen molar-refractivity contribution < 1.29 is 13.2 Å². The molecule has 1 atom stereocenters. The van der Waals surface area contributed by atoms with Crippen molar-refractivity contribution in [2.45, 2.75) is 37.6 Å². The highest BCUT2D eigenvalue weighted by atomic mass is 35.5. The molecule has 1 amide bonds. The summed E-state index contributed by atoms with van der Waals surface area (Å²) in [6.07, 6.45) is 1.30. The smallest absolute Gasteiger partial charge is 0.243 e. The molecule has 0 aliphatic heterocycles. The molecule has 27 heavy (non-hydrogen) atoms. The number of carbonyl (C=O) groups is 1. The molecule has 0 unspecified atom stereocenters. The van der Waals surface area contributed by atoms with Crippen molar-refractivity contribution in [3.8, 4) is 0 Å². The second kappa shape index (κ2) is 9.88. The average Bonchev–Trinajstić information content (AvgIpc) is 2.66. The van der Waals surface area contributed by atoms with Crippen molar-refractivity contribution in [2.75, 3.05) is 13.1 Å². The molecule has 7 heteroatoms. The van der Waals surface area contributed by atoms with Gasteiger partial charge >= 0.3 is 0 Å². The third-order valence-electron chi connectivity index (χ3n) is 4.28. The van der Waals surface area contributed by atoms with Gasteiger partial charge in [-0.2, -0.15) is 4.31 Å². The van der Waals surface area contributed by atoms with Gasteiger partial charge in [0.15, 0.2) is 0 Å². The van der Waals surface area contributed by atoms with E-state index in [-0.39, 0.29) is 29.9 Å². The molecule has 0 heterocycles. The lowest BCUT2D eigenvalue weighted by Crippen LogP contribution is -2.44. The Hall–Kier alpha value is -1.89. The fourth-order valence-electron chi connectivity index (χ4n) is 2.52. The summed E-state index contributed by atoms with van der Waals surface area (Å²) in [6, 6.07) is 15.6. The number of nitrogens with one attached hydrogen (secondary N) is 1. The molecule has 2 rings (SSSR count). The topological polar surface area (TPSA) is 66.5 Å². The van der Waals surface area contributed by atoms with Crippen LogP contribution in [-0.2, 0) is 21.2 Å². The number of carbonyl (C=O) groups excluding carboxylic acids is 1. The van der Waals surface area contributed by atoms with Gasteiger partial charge in [0.25, 0.3) is 0 Å². The minimum Gasteiger partial charge on any atom is -0.353 e. The lowest BCUT2D eigenvalue weighted by molar-refractivity contribution is -0.121. The number of hydrogen-bond acceptors (Lipinski definition) is 3. The van der Waals surface area contributed by atoms with Crippen molar-refractivity contribution in [3.63, 3.8) is 0 Å². The average molecular weight is 409 g/mol. The van der Waals surface area contributed by atoms with Gasteiger partial charge in [-0.15, -0.1) is 0 Å². The van der Waals surface area contributed by atoms with E-state index >= 15 is 0 Å². The Morgan fingerprint density at radius 1 is 1.11 bits per heavy atom. The highest BCUT2D eigenvalue weighted by molar-refractivity contribution is 7.89. The SMILES string of the molecule is CC[C@H](C)NC(=O)CN(CCc1ccccc1)S(=O)(=O)c1ccc(Cl)cc1. The first-order chi connectivity index (χ1) is 12.8.